The summed E-state index contributed by atoms with van der Waals surface area (Å²) in [4.78, 5) is 36.6. The molecule has 29 heavy (non-hydrogen) atoms. The van der Waals surface area contributed by atoms with Gasteiger partial charge in [-0.05, 0) is 30.5 Å². The van der Waals surface area contributed by atoms with E-state index >= 15 is 0 Å². The molecular weight excluding hydrogens is 378 g/mol. The number of primary amides is 1. The highest BCUT2D eigenvalue weighted by Crippen LogP contribution is 2.39. The molecule has 0 bridgehead atoms. The van der Waals surface area contributed by atoms with Crippen LogP contribution in [0.5, 0.6) is 5.75 Å². The molecule has 4 N–H and O–H groups in total. The number of hydrogen-bond donors (Lipinski definition) is 3. The highest BCUT2D eigenvalue weighted by atomic mass is 16.5. The van der Waals surface area contributed by atoms with E-state index in [0.29, 0.717) is 23.4 Å². The molecule has 0 spiro atoms. The molecule has 9 heteroatoms. The van der Waals surface area contributed by atoms with Gasteiger partial charge in [-0.2, -0.15) is 0 Å². The Bertz CT molecular complexity index is 908. The van der Waals surface area contributed by atoms with E-state index < -0.39 is 18.1 Å². The first-order valence-electron chi connectivity index (χ1n) is 9.10. The molecule has 2 aliphatic heterocycles. The second-order valence-electron chi connectivity index (χ2n) is 6.85. The number of carboxylic acids is 1. The first kappa shape index (κ1) is 20.4. The predicted molar refractivity (Wildman–Crippen MR) is 104 cm³/mol. The number of fused-ring (bicyclic) bond motifs is 2. The lowest BCUT2D eigenvalue weighted by atomic mass is 10.1. The van der Waals surface area contributed by atoms with E-state index in [1.807, 2.05) is 6.92 Å². The number of carbonyl (C=O) groups is 3. The average Bonchev–Trinajstić information content (AvgIpc) is 3.05. The molecule has 2 heterocycles. The lowest BCUT2D eigenvalue weighted by Crippen LogP contribution is -2.43. The summed E-state index contributed by atoms with van der Waals surface area (Å²) in [6.07, 6.45) is 4.30. The number of allylic oxidation sites excluding steroid dienone is 1. The molecule has 154 valence electrons. The highest BCUT2D eigenvalue weighted by molar-refractivity contribution is 6.03. The van der Waals surface area contributed by atoms with Gasteiger partial charge >= 0.3 is 5.97 Å². The summed E-state index contributed by atoms with van der Waals surface area (Å²) in [5.41, 5.74) is 7.57. The number of rotatable bonds is 7. The van der Waals surface area contributed by atoms with Gasteiger partial charge in [-0.1, -0.05) is 12.1 Å². The van der Waals surface area contributed by atoms with Gasteiger partial charge < -0.3 is 30.5 Å². The zero-order valence-corrected chi connectivity index (χ0v) is 16.2. The van der Waals surface area contributed by atoms with E-state index in [4.69, 9.17) is 20.3 Å². The van der Waals surface area contributed by atoms with Gasteiger partial charge in [-0.3, -0.25) is 14.4 Å². The standard InChI is InChI=1S/C20H23N3O6/c1-11-3-5-13-17(18(11)29-8-7-16(25)26)22-19(28-2)14-9-12(4-6-15(21)24)10-23(14)20(13)27/h3-6,10,14,19,22H,7-9H2,1-2H3,(H2,21,24)(H,25,26). The number of aryl methyl sites for hydroxylation is 1. The van der Waals surface area contributed by atoms with Crippen LogP contribution in [-0.2, 0) is 14.3 Å². The van der Waals surface area contributed by atoms with Gasteiger partial charge in [0.25, 0.3) is 5.91 Å². The Balaban J connectivity index is 1.98. The molecular formula is C20H23N3O6. The number of nitrogens with zero attached hydrogens (tertiary/aromatic N) is 1. The summed E-state index contributed by atoms with van der Waals surface area (Å²) < 4.78 is 11.3. The summed E-state index contributed by atoms with van der Waals surface area (Å²) in [5, 5.41) is 12.1. The van der Waals surface area contributed by atoms with Gasteiger partial charge in [0.2, 0.25) is 5.91 Å². The molecule has 0 saturated carbocycles. The number of methoxy groups -OCH3 is 1. The van der Waals surface area contributed by atoms with Gasteiger partial charge in [-0.15, -0.1) is 0 Å². The van der Waals surface area contributed by atoms with Crippen LogP contribution in [0.25, 0.3) is 0 Å². The lowest BCUT2D eigenvalue weighted by molar-refractivity contribution is -0.137. The number of nitrogens with one attached hydrogen (secondary N) is 1. The van der Waals surface area contributed by atoms with E-state index in [0.717, 1.165) is 11.1 Å². The van der Waals surface area contributed by atoms with Crippen LogP contribution in [0.15, 0.2) is 36.1 Å². The van der Waals surface area contributed by atoms with Crippen LogP contribution in [0.2, 0.25) is 0 Å². The van der Waals surface area contributed by atoms with Gasteiger partial charge in [-0.25, -0.2) is 0 Å². The van der Waals surface area contributed by atoms with Crippen LogP contribution in [0.3, 0.4) is 0 Å². The number of aliphatic carboxylic acids is 1. The largest absolute Gasteiger partial charge is 0.491 e. The number of hydrogen-bond acceptors (Lipinski definition) is 6. The third kappa shape index (κ3) is 4.24. The molecule has 0 saturated heterocycles. The van der Waals surface area contributed by atoms with Crippen molar-refractivity contribution in [1.82, 2.24) is 4.90 Å². The summed E-state index contributed by atoms with van der Waals surface area (Å²) in [6, 6.07) is 3.12. The quantitative estimate of drug-likeness (QED) is 0.588. The van der Waals surface area contributed by atoms with Crippen molar-refractivity contribution >= 4 is 23.5 Å². The number of ether oxygens (including phenoxy) is 2. The Morgan fingerprint density at radius 3 is 2.83 bits per heavy atom. The van der Waals surface area contributed by atoms with Crippen LogP contribution < -0.4 is 15.8 Å². The van der Waals surface area contributed by atoms with Crippen molar-refractivity contribution < 1.29 is 29.0 Å². The third-order valence-corrected chi connectivity index (χ3v) is 4.84. The van der Waals surface area contributed by atoms with Crippen LogP contribution >= 0.6 is 0 Å². The number of carbonyl (C=O) groups excluding carboxylic acids is 2. The molecule has 3 rings (SSSR count). The van der Waals surface area contributed by atoms with Crippen molar-refractivity contribution in [2.45, 2.75) is 32.0 Å². The fourth-order valence-corrected chi connectivity index (χ4v) is 3.46. The molecule has 1 aromatic carbocycles. The maximum atomic E-state index is 13.2. The SMILES string of the molecule is COC1Nc2c(ccc(C)c2OCCC(=O)O)C(=O)N2C=C(C=CC(N)=O)CC12. The number of nitrogens with two attached hydrogens (primary N) is 1. The topological polar surface area (TPSA) is 131 Å². The first-order valence-corrected chi connectivity index (χ1v) is 9.10. The second kappa shape index (κ2) is 8.36. The minimum Gasteiger partial charge on any atom is -0.491 e. The third-order valence-electron chi connectivity index (χ3n) is 4.84. The number of amides is 2. The minimum absolute atomic E-state index is 0.0186. The summed E-state index contributed by atoms with van der Waals surface area (Å²) in [5.74, 6) is -1.35. The van der Waals surface area contributed by atoms with E-state index in [1.165, 1.54) is 13.2 Å². The minimum atomic E-state index is -0.967. The molecule has 9 nitrogen and oxygen atoms in total. The normalized spacial score (nSPS) is 20.6. The lowest BCUT2D eigenvalue weighted by Gasteiger charge is -2.28. The Kier molecular flexibility index (Phi) is 5.88. The Labute approximate surface area is 167 Å². The number of carboxylic acid groups (broad SMARTS) is 1. The summed E-state index contributed by atoms with van der Waals surface area (Å²) in [7, 11) is 1.53. The van der Waals surface area contributed by atoms with Crippen molar-refractivity contribution in [3.63, 3.8) is 0 Å². The average molecular weight is 401 g/mol. The maximum Gasteiger partial charge on any atom is 0.306 e. The van der Waals surface area contributed by atoms with Crippen molar-refractivity contribution in [1.29, 1.82) is 0 Å². The number of anilines is 1. The molecule has 0 radical (unpaired) electrons. The second-order valence-corrected chi connectivity index (χ2v) is 6.85. The molecule has 2 atom stereocenters. The van der Waals surface area contributed by atoms with Gasteiger partial charge in [0.05, 0.1) is 30.3 Å². The molecule has 0 aromatic heterocycles. The zero-order valence-electron chi connectivity index (χ0n) is 16.2. The van der Waals surface area contributed by atoms with Crippen LogP contribution in [0, 0.1) is 6.92 Å². The Morgan fingerprint density at radius 2 is 2.17 bits per heavy atom. The van der Waals surface area contributed by atoms with Gasteiger partial charge in [0.1, 0.15) is 12.0 Å². The molecule has 0 fully saturated rings. The van der Waals surface area contributed by atoms with Crippen LogP contribution in [0.1, 0.15) is 28.8 Å². The van der Waals surface area contributed by atoms with Gasteiger partial charge in [0.15, 0.2) is 0 Å². The highest BCUT2D eigenvalue weighted by Gasteiger charge is 2.40. The molecule has 2 unspecified atom stereocenters. The van der Waals surface area contributed by atoms with Crippen LogP contribution in [0.4, 0.5) is 5.69 Å². The molecule has 1 aromatic rings. The maximum absolute atomic E-state index is 13.2. The van der Waals surface area contributed by atoms with E-state index in [2.05, 4.69) is 5.32 Å². The number of benzene rings is 1. The van der Waals surface area contributed by atoms with E-state index in [9.17, 15) is 14.4 Å². The van der Waals surface area contributed by atoms with Crippen LogP contribution in [-0.4, -0.2) is 53.8 Å². The van der Waals surface area contributed by atoms with E-state index in [-0.39, 0.29) is 25.0 Å². The van der Waals surface area contributed by atoms with Crippen molar-refractivity contribution in [3.05, 3.63) is 47.2 Å². The summed E-state index contributed by atoms with van der Waals surface area (Å²) >= 11 is 0. The zero-order chi connectivity index (χ0) is 21.1. The molecule has 2 aliphatic rings. The molecule has 2 amide bonds. The molecule has 0 aliphatic carbocycles. The Morgan fingerprint density at radius 1 is 1.41 bits per heavy atom. The summed E-state index contributed by atoms with van der Waals surface area (Å²) in [6.45, 7) is 1.80. The van der Waals surface area contributed by atoms with Gasteiger partial charge in [0, 0.05) is 19.4 Å². The van der Waals surface area contributed by atoms with Crippen molar-refractivity contribution in [3.8, 4) is 5.75 Å². The fourth-order valence-electron chi connectivity index (χ4n) is 3.46. The smallest absolute Gasteiger partial charge is 0.306 e. The van der Waals surface area contributed by atoms with E-state index in [1.54, 1.807) is 29.3 Å². The van der Waals surface area contributed by atoms with Crippen molar-refractivity contribution in [2.24, 2.45) is 5.73 Å². The van der Waals surface area contributed by atoms with Crippen molar-refractivity contribution in [2.75, 3.05) is 19.0 Å². The monoisotopic (exact) mass is 401 g/mol. The Hall–Kier alpha value is -3.33. The first-order chi connectivity index (χ1) is 13.8. The predicted octanol–water partition coefficient (Wildman–Crippen LogP) is 1.39. The fraction of sp³-hybridized carbons (Fsp3) is 0.350.